The summed E-state index contributed by atoms with van der Waals surface area (Å²) in [6.45, 7) is 2.87. The van der Waals surface area contributed by atoms with Crippen molar-refractivity contribution in [3.63, 3.8) is 0 Å². The van der Waals surface area contributed by atoms with Crippen LogP contribution in [-0.4, -0.2) is 16.5 Å². The van der Waals surface area contributed by atoms with Gasteiger partial charge in [-0.3, -0.25) is 4.90 Å². The molecule has 26 heavy (non-hydrogen) atoms. The third kappa shape index (κ3) is 2.46. The van der Waals surface area contributed by atoms with E-state index in [9.17, 15) is 0 Å². The minimum atomic E-state index is 0.898. The molecule has 0 unspecified atom stereocenters. The first kappa shape index (κ1) is 15.4. The Morgan fingerprint density at radius 3 is 2.38 bits per heavy atom. The van der Waals surface area contributed by atoms with E-state index >= 15 is 0 Å². The van der Waals surface area contributed by atoms with Crippen molar-refractivity contribution in [3.05, 3.63) is 95.6 Å². The molecule has 2 nitrogen and oxygen atoms in total. The highest BCUT2D eigenvalue weighted by Gasteiger charge is 2.24. The summed E-state index contributed by atoms with van der Waals surface area (Å²) >= 11 is 0. The van der Waals surface area contributed by atoms with Crippen molar-refractivity contribution in [1.29, 1.82) is 0 Å². The average Bonchev–Trinajstić information content (AvgIpc) is 2.87. The van der Waals surface area contributed by atoms with Crippen LogP contribution in [0.2, 0.25) is 0 Å². The second-order valence-electron chi connectivity index (χ2n) is 7.25. The van der Waals surface area contributed by atoms with Crippen LogP contribution in [0.4, 0.5) is 0 Å². The Morgan fingerprint density at radius 2 is 1.50 bits per heavy atom. The highest BCUT2D eigenvalue weighted by Crippen LogP contribution is 2.39. The molecule has 0 radical (unpaired) electrons. The van der Waals surface area contributed by atoms with Crippen LogP contribution >= 0.6 is 0 Å². The molecule has 3 aromatic carbocycles. The highest BCUT2D eigenvalue weighted by atomic mass is 15.1. The van der Waals surface area contributed by atoms with Gasteiger partial charge in [-0.15, -0.1) is 0 Å². The van der Waals surface area contributed by atoms with Gasteiger partial charge < -0.3 is 4.57 Å². The third-order valence-corrected chi connectivity index (χ3v) is 5.40. The van der Waals surface area contributed by atoms with E-state index in [1.54, 1.807) is 0 Å². The molecule has 128 valence electrons. The summed E-state index contributed by atoms with van der Waals surface area (Å²) in [7, 11) is 2.22. The molecule has 1 aliphatic rings. The summed E-state index contributed by atoms with van der Waals surface area (Å²) in [4.78, 5) is 2.42. The van der Waals surface area contributed by atoms with Crippen LogP contribution in [0.3, 0.4) is 0 Å². The third-order valence-electron chi connectivity index (χ3n) is 5.40. The number of hydrogen-bond donors (Lipinski definition) is 0. The van der Waals surface area contributed by atoms with Crippen LogP contribution in [0.15, 0.2) is 78.9 Å². The highest BCUT2D eigenvalue weighted by molar-refractivity contribution is 5.92. The van der Waals surface area contributed by atoms with E-state index in [1.807, 2.05) is 0 Å². The molecule has 0 N–H and O–H groups in total. The van der Waals surface area contributed by atoms with Gasteiger partial charge in [-0.05, 0) is 29.8 Å². The predicted octanol–water partition coefficient (Wildman–Crippen LogP) is 5.30. The van der Waals surface area contributed by atoms with Gasteiger partial charge in [0.15, 0.2) is 0 Å². The summed E-state index contributed by atoms with van der Waals surface area (Å²) in [5.74, 6) is 0. The van der Waals surface area contributed by atoms with E-state index < -0.39 is 0 Å². The van der Waals surface area contributed by atoms with Gasteiger partial charge >= 0.3 is 0 Å². The summed E-state index contributed by atoms with van der Waals surface area (Å²) in [6, 6.07) is 28.5. The molecule has 0 atom stereocenters. The number of fused-ring (bicyclic) bond motifs is 5. The Morgan fingerprint density at radius 1 is 0.769 bits per heavy atom. The lowest BCUT2D eigenvalue weighted by Crippen LogP contribution is -2.15. The summed E-state index contributed by atoms with van der Waals surface area (Å²) < 4.78 is 2.51. The van der Waals surface area contributed by atoms with Crippen LogP contribution in [0.5, 0.6) is 0 Å². The molecule has 0 fully saturated rings. The molecule has 1 aliphatic heterocycles. The van der Waals surface area contributed by atoms with Gasteiger partial charge in [0.2, 0.25) is 0 Å². The van der Waals surface area contributed by atoms with Gasteiger partial charge in [0.25, 0.3) is 0 Å². The van der Waals surface area contributed by atoms with Crippen molar-refractivity contribution in [2.75, 3.05) is 7.05 Å². The van der Waals surface area contributed by atoms with Crippen molar-refractivity contribution >= 4 is 10.9 Å². The van der Waals surface area contributed by atoms with Crippen molar-refractivity contribution in [2.24, 2.45) is 0 Å². The van der Waals surface area contributed by atoms with E-state index in [0.29, 0.717) is 0 Å². The van der Waals surface area contributed by atoms with Gasteiger partial charge in [-0.25, -0.2) is 0 Å². The molecule has 0 bridgehead atoms. The monoisotopic (exact) mass is 338 g/mol. The number of nitrogens with zero attached hydrogens (tertiary/aromatic N) is 2. The number of para-hydroxylation sites is 1. The Kier molecular flexibility index (Phi) is 3.65. The van der Waals surface area contributed by atoms with Crippen LogP contribution in [-0.2, 0) is 19.6 Å². The first-order valence-corrected chi connectivity index (χ1v) is 9.22. The molecule has 0 saturated heterocycles. The first-order valence-electron chi connectivity index (χ1n) is 9.22. The molecule has 0 saturated carbocycles. The Hall–Kier alpha value is -2.84. The topological polar surface area (TPSA) is 8.17 Å². The summed E-state index contributed by atoms with van der Waals surface area (Å²) in [5.41, 5.74) is 8.28. The molecule has 2 heteroatoms. The first-order chi connectivity index (χ1) is 12.8. The van der Waals surface area contributed by atoms with Crippen molar-refractivity contribution in [3.8, 4) is 11.3 Å². The zero-order chi connectivity index (χ0) is 17.5. The van der Waals surface area contributed by atoms with Gasteiger partial charge in [0.1, 0.15) is 0 Å². The summed E-state index contributed by atoms with van der Waals surface area (Å²) in [5, 5.41) is 1.38. The lowest BCUT2D eigenvalue weighted by atomic mass is 10.0. The van der Waals surface area contributed by atoms with Crippen LogP contribution in [0.25, 0.3) is 22.2 Å². The van der Waals surface area contributed by atoms with Crippen LogP contribution in [0, 0.1) is 0 Å². The smallest absolute Gasteiger partial charge is 0.0543 e. The fourth-order valence-electron chi connectivity index (χ4n) is 4.28. The quantitative estimate of drug-likeness (QED) is 0.481. The molecule has 1 aromatic heterocycles. The number of benzene rings is 3. The maximum atomic E-state index is 2.51. The number of aromatic nitrogens is 1. The van der Waals surface area contributed by atoms with Crippen molar-refractivity contribution in [2.45, 2.75) is 19.6 Å². The fraction of sp³-hybridized carbons (Fsp3) is 0.167. The van der Waals surface area contributed by atoms with Crippen molar-refractivity contribution < 1.29 is 0 Å². The Bertz CT molecular complexity index is 1080. The normalized spacial score (nSPS) is 14.0. The maximum Gasteiger partial charge on any atom is 0.0543 e. The molecule has 5 rings (SSSR count). The minimum Gasteiger partial charge on any atom is -0.336 e. The Balaban J connectivity index is 1.82. The fourth-order valence-corrected chi connectivity index (χ4v) is 4.28. The van der Waals surface area contributed by atoms with Gasteiger partial charge in [0.05, 0.1) is 5.69 Å². The number of hydrogen-bond acceptors (Lipinski definition) is 1. The molecule has 4 aromatic rings. The van der Waals surface area contributed by atoms with E-state index in [0.717, 1.165) is 19.6 Å². The molecule has 0 amide bonds. The second kappa shape index (κ2) is 6.15. The second-order valence-corrected chi connectivity index (χ2v) is 7.25. The molecular weight excluding hydrogens is 316 g/mol. The van der Waals surface area contributed by atoms with Crippen molar-refractivity contribution in [1.82, 2.24) is 9.47 Å². The lowest BCUT2D eigenvalue weighted by molar-refractivity contribution is 0.324. The SMILES string of the molecule is CN1Cc2ccccc2-c2c(c3ccccc3n2Cc2ccccc2)C1. The van der Waals surface area contributed by atoms with Gasteiger partial charge in [-0.2, -0.15) is 0 Å². The molecule has 2 heterocycles. The zero-order valence-electron chi connectivity index (χ0n) is 15.0. The van der Waals surface area contributed by atoms with E-state index in [-0.39, 0.29) is 0 Å². The standard InChI is InChI=1S/C24H22N2/c1-25-16-19-11-5-6-12-20(19)24-22(17-25)21-13-7-8-14-23(21)26(24)15-18-9-3-2-4-10-18/h2-14H,15-17H2,1H3. The average molecular weight is 338 g/mol. The molecule has 0 spiro atoms. The number of rotatable bonds is 2. The van der Waals surface area contributed by atoms with E-state index in [1.165, 1.54) is 38.9 Å². The minimum absolute atomic E-state index is 0.898. The van der Waals surface area contributed by atoms with Crippen LogP contribution in [0.1, 0.15) is 16.7 Å². The lowest BCUT2D eigenvalue weighted by Gasteiger charge is -2.15. The zero-order valence-corrected chi connectivity index (χ0v) is 15.0. The summed E-state index contributed by atoms with van der Waals surface area (Å²) in [6.07, 6.45) is 0. The van der Waals surface area contributed by atoms with Crippen LogP contribution < -0.4 is 0 Å². The van der Waals surface area contributed by atoms with E-state index in [2.05, 4.69) is 95.4 Å². The largest absolute Gasteiger partial charge is 0.336 e. The van der Waals surface area contributed by atoms with E-state index in [4.69, 9.17) is 0 Å². The predicted molar refractivity (Wildman–Crippen MR) is 108 cm³/mol. The molecular formula is C24H22N2. The van der Waals surface area contributed by atoms with Gasteiger partial charge in [-0.1, -0.05) is 72.8 Å². The van der Waals surface area contributed by atoms with Gasteiger partial charge in [0, 0.05) is 36.1 Å². The molecule has 0 aliphatic carbocycles. The Labute approximate surface area is 154 Å². The maximum absolute atomic E-state index is 2.51.